The van der Waals surface area contributed by atoms with Crippen molar-refractivity contribution in [3.63, 3.8) is 0 Å². The molecule has 0 N–H and O–H groups in total. The quantitative estimate of drug-likeness (QED) is 0.102. The van der Waals surface area contributed by atoms with Gasteiger partial charge in [-0.15, -0.1) is 0 Å². The van der Waals surface area contributed by atoms with Gasteiger partial charge in [-0.25, -0.2) is 4.99 Å². The van der Waals surface area contributed by atoms with Gasteiger partial charge in [-0.3, -0.25) is 0 Å². The van der Waals surface area contributed by atoms with Crippen LogP contribution in [-0.4, -0.2) is 54.9 Å². The van der Waals surface area contributed by atoms with Crippen LogP contribution in [0.2, 0.25) is 0 Å². The molecule has 5 nitrogen and oxygen atoms in total. The molecule has 0 saturated heterocycles. The van der Waals surface area contributed by atoms with Crippen molar-refractivity contribution < 1.29 is 57.9 Å². The number of para-hydroxylation sites is 1. The lowest BCUT2D eigenvalue weighted by Gasteiger charge is -2.29. The summed E-state index contributed by atoms with van der Waals surface area (Å²) in [6, 6.07) is 29.9. The molecule has 5 aromatic rings. The first-order valence-electron chi connectivity index (χ1n) is 21.4. The summed E-state index contributed by atoms with van der Waals surface area (Å²) in [5, 5.41) is 0. The Kier molecular flexibility index (Phi) is 12.6. The fraction of sp³-hybridized carbons (Fsp3) is 0.353. The SMILES string of the molecule is CC(C)(C)c1ccc(C2=CC(c3ccc(C(C)(C)C)cc3)=N/C2=C2/c3ccccc3Oc3cc(-c4ccc(C(C)(C)C)cc4)n(B(OCC(F)(F)C(F)(F)F)OCC(F)(F)C(F)(F)F)c32)cc1. The number of rotatable bonds is 10. The minimum absolute atomic E-state index is 0.0842. The smallest absolute Gasteiger partial charge is 0.454 e. The lowest BCUT2D eigenvalue weighted by atomic mass is 9.85. The molecule has 7 rings (SSSR count). The molecule has 16 heteroatoms. The highest BCUT2D eigenvalue weighted by molar-refractivity contribution is 6.44. The molecule has 0 radical (unpaired) electrons. The van der Waals surface area contributed by atoms with Crippen molar-refractivity contribution in [3.8, 4) is 22.8 Å². The molecule has 0 aliphatic carbocycles. The van der Waals surface area contributed by atoms with E-state index in [0.29, 0.717) is 28.0 Å². The topological polar surface area (TPSA) is 45.0 Å². The number of aromatic nitrogens is 1. The molecule has 3 heterocycles. The van der Waals surface area contributed by atoms with Gasteiger partial charge in [-0.1, -0.05) is 153 Å². The second kappa shape index (κ2) is 17.2. The van der Waals surface area contributed by atoms with Gasteiger partial charge in [0.1, 0.15) is 19.0 Å². The van der Waals surface area contributed by atoms with Gasteiger partial charge in [-0.2, -0.15) is 43.9 Å². The molecule has 1 aromatic heterocycles. The highest BCUT2D eigenvalue weighted by Crippen LogP contribution is 2.52. The molecule has 4 aromatic carbocycles. The van der Waals surface area contributed by atoms with E-state index in [4.69, 9.17) is 19.0 Å². The number of halogens is 10. The van der Waals surface area contributed by atoms with Crippen molar-refractivity contribution in [2.45, 2.75) is 103 Å². The van der Waals surface area contributed by atoms with Crippen LogP contribution in [0.1, 0.15) is 101 Å². The Bertz CT molecular complexity index is 2700. The van der Waals surface area contributed by atoms with Crippen LogP contribution in [-0.2, 0) is 25.6 Å². The lowest BCUT2D eigenvalue weighted by Crippen LogP contribution is -2.48. The van der Waals surface area contributed by atoms with E-state index >= 15 is 0 Å². The number of fused-ring (bicyclic) bond motifs is 2. The molecule has 0 fully saturated rings. The third kappa shape index (κ3) is 10.0. The molecular weight excluding hydrogens is 889 g/mol. The standard InChI is InChI=1S/C51H49BF10N2O3/c1-45(2,3)33-20-14-30(15-21-33)37-26-38(31-16-22-34(23-17-31)46(4,5)6)63-43(37)42-36-12-10-11-13-40(36)67-41-27-39(32-18-24-35(25-19-32)47(7,8)9)64(44(41)42)52(65-28-48(53,54)50(57,58)59)66-29-49(55,56)51(60,61)62/h10-27H,28-29H2,1-9H3/b43-42-. The molecule has 0 saturated carbocycles. The van der Waals surface area contributed by atoms with Gasteiger partial charge >= 0.3 is 31.5 Å². The minimum Gasteiger partial charge on any atom is -0.454 e. The molecule has 67 heavy (non-hydrogen) atoms. The Morgan fingerprint density at radius 1 is 0.537 bits per heavy atom. The number of ether oxygens (including phenoxy) is 1. The van der Waals surface area contributed by atoms with Gasteiger partial charge in [0.05, 0.1) is 17.1 Å². The van der Waals surface area contributed by atoms with E-state index in [2.05, 4.69) is 20.8 Å². The highest BCUT2D eigenvalue weighted by Gasteiger charge is 2.60. The van der Waals surface area contributed by atoms with E-state index in [1.807, 2.05) is 96.1 Å². The molecule has 354 valence electrons. The molecule has 2 aliphatic heterocycles. The number of allylic oxidation sites excluding steroid dienone is 2. The molecule has 0 bridgehead atoms. The zero-order chi connectivity index (χ0) is 49.3. The molecular formula is C51H49BF10N2O3. The van der Waals surface area contributed by atoms with Gasteiger partial charge in [0.25, 0.3) is 0 Å². The second-order valence-electron chi connectivity index (χ2n) is 19.8. The third-order valence-electron chi connectivity index (χ3n) is 11.6. The lowest BCUT2D eigenvalue weighted by molar-refractivity contribution is -0.295. The molecule has 2 aliphatic rings. The molecule has 0 amide bonds. The van der Waals surface area contributed by atoms with Crippen molar-refractivity contribution >= 4 is 24.1 Å². The maximum Gasteiger partial charge on any atom is 0.598 e. The summed E-state index contributed by atoms with van der Waals surface area (Å²) >= 11 is 0. The summed E-state index contributed by atoms with van der Waals surface area (Å²) in [6.07, 6.45) is -10.6. The summed E-state index contributed by atoms with van der Waals surface area (Å²) < 4.78 is 159. The van der Waals surface area contributed by atoms with Crippen LogP contribution in [0, 0.1) is 0 Å². The van der Waals surface area contributed by atoms with Gasteiger partial charge in [0, 0.05) is 34.0 Å². The van der Waals surface area contributed by atoms with Crippen LogP contribution in [0.15, 0.2) is 120 Å². The Morgan fingerprint density at radius 2 is 0.970 bits per heavy atom. The zero-order valence-corrected chi connectivity index (χ0v) is 38.3. The van der Waals surface area contributed by atoms with Crippen LogP contribution >= 0.6 is 0 Å². The zero-order valence-electron chi connectivity index (χ0n) is 38.3. The van der Waals surface area contributed by atoms with Crippen molar-refractivity contribution in [2.75, 3.05) is 13.2 Å². The third-order valence-corrected chi connectivity index (χ3v) is 11.6. The number of nitrogens with zero attached hydrogens (tertiary/aromatic N) is 2. The summed E-state index contributed by atoms with van der Waals surface area (Å²) in [5.41, 5.74) is 5.02. The Balaban J connectivity index is 1.56. The van der Waals surface area contributed by atoms with E-state index in [1.54, 1.807) is 48.5 Å². The predicted molar refractivity (Wildman–Crippen MR) is 241 cm³/mol. The first kappa shape index (κ1) is 49.3. The maximum atomic E-state index is 14.8. The van der Waals surface area contributed by atoms with E-state index in [1.165, 1.54) is 6.07 Å². The number of hydrogen-bond donors (Lipinski definition) is 0. The first-order chi connectivity index (χ1) is 30.9. The number of alkyl halides is 10. The van der Waals surface area contributed by atoms with Crippen LogP contribution in [0.25, 0.3) is 22.4 Å². The molecule has 0 atom stereocenters. The average Bonchev–Trinajstić information content (AvgIpc) is 3.84. The van der Waals surface area contributed by atoms with Crippen LogP contribution in [0.5, 0.6) is 11.5 Å². The monoisotopic (exact) mass is 938 g/mol. The average molecular weight is 939 g/mol. The fourth-order valence-electron chi connectivity index (χ4n) is 7.63. The van der Waals surface area contributed by atoms with Crippen molar-refractivity contribution in [3.05, 3.63) is 154 Å². The Labute approximate surface area is 383 Å². The van der Waals surface area contributed by atoms with E-state index < -0.39 is 44.7 Å². The molecule has 0 spiro atoms. The van der Waals surface area contributed by atoms with Crippen molar-refractivity contribution in [2.24, 2.45) is 4.99 Å². The molecule has 0 unspecified atom stereocenters. The highest BCUT2D eigenvalue weighted by atomic mass is 19.4. The first-order valence-corrected chi connectivity index (χ1v) is 21.4. The van der Waals surface area contributed by atoms with Gasteiger partial charge in [0.15, 0.2) is 5.75 Å². The second-order valence-corrected chi connectivity index (χ2v) is 19.8. The van der Waals surface area contributed by atoms with E-state index in [9.17, 15) is 43.9 Å². The normalized spacial score (nSPS) is 16.0. The van der Waals surface area contributed by atoms with Crippen LogP contribution in [0.3, 0.4) is 0 Å². The van der Waals surface area contributed by atoms with Crippen molar-refractivity contribution in [1.29, 1.82) is 0 Å². The number of hydrogen-bond acceptors (Lipinski definition) is 4. The van der Waals surface area contributed by atoms with Crippen molar-refractivity contribution in [1.82, 2.24) is 4.48 Å². The minimum atomic E-state index is -6.20. The van der Waals surface area contributed by atoms with Crippen LogP contribution in [0.4, 0.5) is 43.9 Å². The van der Waals surface area contributed by atoms with Gasteiger partial charge in [0.2, 0.25) is 0 Å². The summed E-state index contributed by atoms with van der Waals surface area (Å²) in [6.45, 7) is 13.1. The van der Waals surface area contributed by atoms with E-state index in [0.717, 1.165) is 21.2 Å². The number of aliphatic imine (C=N–C) groups is 1. The van der Waals surface area contributed by atoms with E-state index in [-0.39, 0.29) is 56.0 Å². The Hall–Kier alpha value is -5.61. The maximum absolute atomic E-state index is 14.8. The predicted octanol–water partition coefficient (Wildman–Crippen LogP) is 14.8. The summed E-state index contributed by atoms with van der Waals surface area (Å²) in [4.78, 5) is 5.17. The Morgan fingerprint density at radius 3 is 1.42 bits per heavy atom. The summed E-state index contributed by atoms with van der Waals surface area (Å²) in [7, 11) is -2.78. The van der Waals surface area contributed by atoms with Gasteiger partial charge in [-0.05, 0) is 56.2 Å². The largest absolute Gasteiger partial charge is 0.598 e. The summed E-state index contributed by atoms with van der Waals surface area (Å²) in [5.74, 6) is -11.0. The van der Waals surface area contributed by atoms with Crippen LogP contribution < -0.4 is 4.74 Å². The van der Waals surface area contributed by atoms with Gasteiger partial charge < -0.3 is 18.5 Å². The fourth-order valence-corrected chi connectivity index (χ4v) is 7.63. The number of benzene rings is 4.